The lowest BCUT2D eigenvalue weighted by Crippen LogP contribution is -2.28. The minimum atomic E-state index is -0.147. The summed E-state index contributed by atoms with van der Waals surface area (Å²) in [5, 5.41) is 8.26. The molecule has 1 aromatic rings. The van der Waals surface area contributed by atoms with E-state index in [0.29, 0.717) is 12.2 Å². The molecule has 102 valence electrons. The van der Waals surface area contributed by atoms with E-state index in [9.17, 15) is 9.59 Å². The van der Waals surface area contributed by atoms with Crippen LogP contribution in [0.5, 0.6) is 0 Å². The Morgan fingerprint density at radius 2 is 2.00 bits per heavy atom. The van der Waals surface area contributed by atoms with Crippen LogP contribution >= 0.6 is 0 Å². The molecule has 0 heterocycles. The number of amides is 2. The lowest BCUT2D eigenvalue weighted by molar-refractivity contribution is -0.120. The third-order valence-electron chi connectivity index (χ3n) is 2.50. The van der Waals surface area contributed by atoms with Crippen LogP contribution < -0.4 is 16.0 Å². The maximum atomic E-state index is 11.7. The molecule has 5 nitrogen and oxygen atoms in total. The zero-order chi connectivity index (χ0) is 14.1. The number of para-hydroxylation sites is 1. The minimum absolute atomic E-state index is 0.0912. The van der Waals surface area contributed by atoms with Crippen LogP contribution in [-0.2, 0) is 16.0 Å². The zero-order valence-electron chi connectivity index (χ0n) is 11.0. The number of carbonyl (C=O) groups is 2. The first-order chi connectivity index (χ1) is 9.17. The van der Waals surface area contributed by atoms with Gasteiger partial charge < -0.3 is 16.0 Å². The number of rotatable bonds is 7. The molecule has 0 saturated heterocycles. The Morgan fingerprint density at radius 3 is 2.68 bits per heavy atom. The molecule has 0 atom stereocenters. The van der Waals surface area contributed by atoms with E-state index >= 15 is 0 Å². The van der Waals surface area contributed by atoms with Crippen molar-refractivity contribution in [3.63, 3.8) is 0 Å². The van der Waals surface area contributed by atoms with Gasteiger partial charge in [0.1, 0.15) is 0 Å². The van der Waals surface area contributed by atoms with Gasteiger partial charge in [-0.1, -0.05) is 24.3 Å². The van der Waals surface area contributed by atoms with Crippen molar-refractivity contribution in [2.24, 2.45) is 0 Å². The Morgan fingerprint density at radius 1 is 1.26 bits per heavy atom. The standard InChI is InChI=1S/C14H19N3O2/c1-3-8-16-10-14(19)17-12-7-5-4-6-11(12)9-13(18)15-2/h3-7,16H,1,8-10H2,2H3,(H,15,18)(H,17,19). The van der Waals surface area contributed by atoms with Crippen LogP contribution in [0.15, 0.2) is 36.9 Å². The Kier molecular flexibility index (Phi) is 6.32. The molecule has 0 aliphatic rings. The van der Waals surface area contributed by atoms with Crippen LogP contribution in [0.2, 0.25) is 0 Å². The number of benzene rings is 1. The molecular weight excluding hydrogens is 242 g/mol. The van der Waals surface area contributed by atoms with E-state index in [-0.39, 0.29) is 24.8 Å². The molecule has 5 heteroatoms. The molecule has 1 aromatic carbocycles. The van der Waals surface area contributed by atoms with Crippen LogP contribution in [0, 0.1) is 0 Å². The normalized spacial score (nSPS) is 9.74. The van der Waals surface area contributed by atoms with Gasteiger partial charge in [0.25, 0.3) is 0 Å². The monoisotopic (exact) mass is 261 g/mol. The third kappa shape index (κ3) is 5.35. The number of carbonyl (C=O) groups excluding carboxylic acids is 2. The molecule has 0 aliphatic heterocycles. The van der Waals surface area contributed by atoms with Gasteiger partial charge in [-0.25, -0.2) is 0 Å². The highest BCUT2D eigenvalue weighted by atomic mass is 16.2. The van der Waals surface area contributed by atoms with Crippen LogP contribution in [0.1, 0.15) is 5.56 Å². The minimum Gasteiger partial charge on any atom is -0.359 e. The average molecular weight is 261 g/mol. The van der Waals surface area contributed by atoms with E-state index < -0.39 is 0 Å². The second-order valence-corrected chi connectivity index (χ2v) is 3.97. The molecule has 0 spiro atoms. The Bertz CT molecular complexity index is 458. The predicted octanol–water partition coefficient (Wildman–Crippen LogP) is 0.689. The van der Waals surface area contributed by atoms with E-state index in [1.165, 1.54) is 0 Å². The van der Waals surface area contributed by atoms with E-state index in [4.69, 9.17) is 0 Å². The number of anilines is 1. The topological polar surface area (TPSA) is 70.2 Å². The molecule has 3 N–H and O–H groups in total. The number of likely N-dealkylation sites (N-methyl/N-ethyl adjacent to an activating group) is 1. The van der Waals surface area contributed by atoms with E-state index in [2.05, 4.69) is 22.5 Å². The fraction of sp³-hybridized carbons (Fsp3) is 0.286. The van der Waals surface area contributed by atoms with Gasteiger partial charge in [-0.3, -0.25) is 9.59 Å². The van der Waals surface area contributed by atoms with Crippen molar-refractivity contribution in [2.75, 3.05) is 25.5 Å². The summed E-state index contributed by atoms with van der Waals surface area (Å²) in [5.74, 6) is -0.238. The first kappa shape index (κ1) is 14.9. The summed E-state index contributed by atoms with van der Waals surface area (Å²) < 4.78 is 0. The van der Waals surface area contributed by atoms with Crippen LogP contribution in [-0.4, -0.2) is 32.0 Å². The molecule has 19 heavy (non-hydrogen) atoms. The van der Waals surface area contributed by atoms with Crippen LogP contribution in [0.25, 0.3) is 0 Å². The van der Waals surface area contributed by atoms with Gasteiger partial charge >= 0.3 is 0 Å². The van der Waals surface area contributed by atoms with Crippen molar-refractivity contribution in [3.8, 4) is 0 Å². The molecule has 0 saturated carbocycles. The molecule has 0 fully saturated rings. The maximum absolute atomic E-state index is 11.7. The third-order valence-corrected chi connectivity index (χ3v) is 2.50. The van der Waals surface area contributed by atoms with Crippen molar-refractivity contribution in [2.45, 2.75) is 6.42 Å². The van der Waals surface area contributed by atoms with E-state index in [1.54, 1.807) is 19.2 Å². The van der Waals surface area contributed by atoms with E-state index in [1.807, 2.05) is 18.2 Å². The first-order valence-electron chi connectivity index (χ1n) is 6.07. The van der Waals surface area contributed by atoms with Crippen molar-refractivity contribution in [1.82, 2.24) is 10.6 Å². The molecular formula is C14H19N3O2. The van der Waals surface area contributed by atoms with Crippen LogP contribution in [0.3, 0.4) is 0 Å². The summed E-state index contributed by atoms with van der Waals surface area (Å²) in [6.07, 6.45) is 1.93. The molecule has 0 radical (unpaired) electrons. The lowest BCUT2D eigenvalue weighted by atomic mass is 10.1. The Hall–Kier alpha value is -2.14. The van der Waals surface area contributed by atoms with Crippen molar-refractivity contribution in [3.05, 3.63) is 42.5 Å². The number of nitrogens with one attached hydrogen (secondary N) is 3. The fourth-order valence-corrected chi connectivity index (χ4v) is 1.54. The number of hydrogen-bond acceptors (Lipinski definition) is 3. The van der Waals surface area contributed by atoms with Gasteiger partial charge in [-0.15, -0.1) is 6.58 Å². The summed E-state index contributed by atoms with van der Waals surface area (Å²) >= 11 is 0. The average Bonchev–Trinajstić information content (AvgIpc) is 2.41. The van der Waals surface area contributed by atoms with Gasteiger partial charge in [0, 0.05) is 19.3 Å². The van der Waals surface area contributed by atoms with Gasteiger partial charge in [0.15, 0.2) is 0 Å². The van der Waals surface area contributed by atoms with Gasteiger partial charge in [-0.05, 0) is 11.6 Å². The molecule has 1 rings (SSSR count). The first-order valence-corrected chi connectivity index (χ1v) is 6.07. The smallest absolute Gasteiger partial charge is 0.238 e. The Balaban J connectivity index is 2.64. The lowest BCUT2D eigenvalue weighted by Gasteiger charge is -2.10. The second kappa shape index (κ2) is 8.05. The summed E-state index contributed by atoms with van der Waals surface area (Å²) in [6, 6.07) is 7.26. The van der Waals surface area contributed by atoms with Gasteiger partial charge in [0.05, 0.1) is 13.0 Å². The fourth-order valence-electron chi connectivity index (χ4n) is 1.54. The molecule has 0 aliphatic carbocycles. The van der Waals surface area contributed by atoms with Crippen molar-refractivity contribution in [1.29, 1.82) is 0 Å². The highest BCUT2D eigenvalue weighted by molar-refractivity contribution is 5.93. The highest BCUT2D eigenvalue weighted by Gasteiger charge is 2.08. The maximum Gasteiger partial charge on any atom is 0.238 e. The SMILES string of the molecule is C=CCNCC(=O)Nc1ccccc1CC(=O)NC. The van der Waals surface area contributed by atoms with Crippen molar-refractivity contribution < 1.29 is 9.59 Å². The molecule has 2 amide bonds. The summed E-state index contributed by atoms with van der Waals surface area (Å²) in [5.41, 5.74) is 1.45. The zero-order valence-corrected chi connectivity index (χ0v) is 11.0. The van der Waals surface area contributed by atoms with E-state index in [0.717, 1.165) is 5.56 Å². The predicted molar refractivity (Wildman–Crippen MR) is 75.9 cm³/mol. The molecule has 0 aromatic heterocycles. The Labute approximate surface area is 113 Å². The summed E-state index contributed by atoms with van der Waals surface area (Å²) in [6.45, 7) is 4.34. The quantitative estimate of drug-likeness (QED) is 0.499. The second-order valence-electron chi connectivity index (χ2n) is 3.97. The van der Waals surface area contributed by atoms with Gasteiger partial charge in [0.2, 0.25) is 11.8 Å². The van der Waals surface area contributed by atoms with Crippen LogP contribution in [0.4, 0.5) is 5.69 Å². The number of hydrogen-bond donors (Lipinski definition) is 3. The highest BCUT2D eigenvalue weighted by Crippen LogP contribution is 2.15. The largest absolute Gasteiger partial charge is 0.359 e. The summed E-state index contributed by atoms with van der Waals surface area (Å²) in [7, 11) is 1.59. The molecule has 0 bridgehead atoms. The van der Waals surface area contributed by atoms with Gasteiger partial charge in [-0.2, -0.15) is 0 Å². The van der Waals surface area contributed by atoms with Crippen molar-refractivity contribution >= 4 is 17.5 Å². The summed E-state index contributed by atoms with van der Waals surface area (Å²) in [4.78, 5) is 23.1. The molecule has 0 unspecified atom stereocenters.